The molecule has 18 heavy (non-hydrogen) atoms. The number of Topliss-reactive ketones (excluding diaryl/α,β-unsaturated/α-hetero) is 1. The van der Waals surface area contributed by atoms with Gasteiger partial charge in [-0.25, -0.2) is 0 Å². The lowest BCUT2D eigenvalue weighted by molar-refractivity contribution is -0.126. The lowest BCUT2D eigenvalue weighted by Crippen LogP contribution is -2.50. The molecule has 1 aliphatic heterocycles. The highest BCUT2D eigenvalue weighted by Crippen LogP contribution is 2.30. The Bertz CT molecular complexity index is 290. The van der Waals surface area contributed by atoms with Crippen molar-refractivity contribution in [3.8, 4) is 0 Å². The third kappa shape index (κ3) is 3.78. The van der Waals surface area contributed by atoms with Crippen LogP contribution in [0.15, 0.2) is 0 Å². The maximum Gasteiger partial charge on any atom is 0.149 e. The molecule has 2 N–H and O–H groups in total. The van der Waals surface area contributed by atoms with E-state index in [0.29, 0.717) is 23.1 Å². The smallest absolute Gasteiger partial charge is 0.149 e. The van der Waals surface area contributed by atoms with Crippen LogP contribution >= 0.6 is 15.9 Å². The second-order valence-corrected chi connectivity index (χ2v) is 7.39. The number of likely N-dealkylation sites (tertiary alicyclic amines) is 1. The lowest BCUT2D eigenvalue weighted by Gasteiger charge is -2.37. The molecule has 2 unspecified atom stereocenters. The predicted octanol–water partition coefficient (Wildman–Crippen LogP) is 2.53. The fraction of sp³-hybridized carbons (Fsp3) is 0.929. The Morgan fingerprint density at radius 2 is 1.89 bits per heavy atom. The van der Waals surface area contributed by atoms with Gasteiger partial charge in [-0.3, -0.25) is 9.69 Å². The highest BCUT2D eigenvalue weighted by molar-refractivity contribution is 9.09. The Morgan fingerprint density at radius 1 is 1.22 bits per heavy atom. The number of nitrogens with zero attached hydrogens (tertiary/aromatic N) is 1. The maximum atomic E-state index is 12.3. The summed E-state index contributed by atoms with van der Waals surface area (Å²) in [7, 11) is 0. The largest absolute Gasteiger partial charge is 0.316 e. The molecule has 1 aliphatic carbocycles. The van der Waals surface area contributed by atoms with Crippen molar-refractivity contribution >= 4 is 21.7 Å². The Kier molecular flexibility index (Phi) is 5.22. The molecular formula is C14H25BrN2O. The van der Waals surface area contributed by atoms with Gasteiger partial charge < -0.3 is 5.73 Å². The number of nitrogens with two attached hydrogens (primary N) is 1. The van der Waals surface area contributed by atoms with Crippen LogP contribution in [-0.2, 0) is 4.79 Å². The molecule has 2 aliphatic rings. The van der Waals surface area contributed by atoms with Crippen molar-refractivity contribution in [3.63, 3.8) is 0 Å². The summed E-state index contributed by atoms with van der Waals surface area (Å²) in [4.78, 5) is 15.1. The van der Waals surface area contributed by atoms with Gasteiger partial charge in [0.25, 0.3) is 0 Å². The van der Waals surface area contributed by atoms with Crippen LogP contribution in [0.1, 0.15) is 45.4 Å². The van der Waals surface area contributed by atoms with Gasteiger partial charge in [-0.05, 0) is 44.4 Å². The predicted molar refractivity (Wildman–Crippen MR) is 77.6 cm³/mol. The van der Waals surface area contributed by atoms with Crippen LogP contribution in [0.25, 0.3) is 0 Å². The zero-order valence-electron chi connectivity index (χ0n) is 11.3. The van der Waals surface area contributed by atoms with Crippen molar-refractivity contribution in [3.05, 3.63) is 0 Å². The van der Waals surface area contributed by atoms with Gasteiger partial charge >= 0.3 is 0 Å². The topological polar surface area (TPSA) is 46.3 Å². The molecule has 2 atom stereocenters. The van der Waals surface area contributed by atoms with Crippen molar-refractivity contribution < 1.29 is 4.79 Å². The van der Waals surface area contributed by atoms with Gasteiger partial charge in [0.15, 0.2) is 0 Å². The van der Waals surface area contributed by atoms with Crippen LogP contribution < -0.4 is 5.73 Å². The van der Waals surface area contributed by atoms with Gasteiger partial charge in [-0.1, -0.05) is 22.9 Å². The molecule has 1 heterocycles. The first-order chi connectivity index (χ1) is 8.56. The zero-order chi connectivity index (χ0) is 13.1. The number of halogens is 1. The summed E-state index contributed by atoms with van der Waals surface area (Å²) in [6.45, 7) is 3.81. The van der Waals surface area contributed by atoms with Crippen molar-refractivity contribution in [2.45, 2.75) is 56.4 Å². The Balaban J connectivity index is 1.82. The number of hydrogen-bond donors (Lipinski definition) is 1. The van der Waals surface area contributed by atoms with Gasteiger partial charge in [0.2, 0.25) is 0 Å². The van der Waals surface area contributed by atoms with Gasteiger partial charge in [0, 0.05) is 17.3 Å². The highest BCUT2D eigenvalue weighted by atomic mass is 79.9. The van der Waals surface area contributed by atoms with Crippen molar-refractivity contribution in [2.75, 3.05) is 13.1 Å². The Labute approximate surface area is 119 Å². The summed E-state index contributed by atoms with van der Waals surface area (Å²) < 4.78 is 0. The molecule has 0 aromatic rings. The lowest BCUT2D eigenvalue weighted by atomic mass is 9.85. The summed E-state index contributed by atoms with van der Waals surface area (Å²) in [5.74, 6) is 1.37. The summed E-state index contributed by atoms with van der Waals surface area (Å²) in [5, 5.41) is 0. The first kappa shape index (κ1) is 14.5. The number of ketones is 1. The molecule has 1 saturated heterocycles. The average Bonchev–Trinajstić information content (AvgIpc) is 2.34. The molecule has 104 valence electrons. The molecule has 2 fully saturated rings. The molecule has 0 radical (unpaired) electrons. The molecule has 4 heteroatoms. The van der Waals surface area contributed by atoms with Crippen LogP contribution in [0.3, 0.4) is 0 Å². The fourth-order valence-corrected chi connectivity index (χ4v) is 3.68. The van der Waals surface area contributed by atoms with E-state index in [1.165, 1.54) is 6.42 Å². The third-order valence-electron chi connectivity index (χ3n) is 4.44. The number of carbonyl (C=O) groups is 1. The van der Waals surface area contributed by atoms with E-state index in [9.17, 15) is 4.79 Å². The van der Waals surface area contributed by atoms with E-state index in [2.05, 4.69) is 27.8 Å². The van der Waals surface area contributed by atoms with Crippen LogP contribution in [0, 0.1) is 11.8 Å². The molecule has 0 bridgehead atoms. The molecule has 0 aromatic carbocycles. The number of alkyl halides is 1. The van der Waals surface area contributed by atoms with Crippen molar-refractivity contribution in [2.24, 2.45) is 17.6 Å². The second kappa shape index (κ2) is 6.49. The highest BCUT2D eigenvalue weighted by Gasteiger charge is 2.29. The summed E-state index contributed by atoms with van der Waals surface area (Å²) in [6, 6.07) is 0. The first-order valence-electron chi connectivity index (χ1n) is 7.22. The summed E-state index contributed by atoms with van der Waals surface area (Å²) in [6.07, 6.45) is 6.69. The van der Waals surface area contributed by atoms with E-state index in [0.717, 1.165) is 38.6 Å². The minimum atomic E-state index is 0.0951. The summed E-state index contributed by atoms with van der Waals surface area (Å²) in [5.41, 5.74) is 6.11. The molecule has 2 rings (SSSR count). The fourth-order valence-electron chi connectivity index (χ4n) is 3.15. The molecule has 1 saturated carbocycles. The number of rotatable bonds is 3. The maximum absolute atomic E-state index is 12.3. The van der Waals surface area contributed by atoms with Crippen molar-refractivity contribution in [1.29, 1.82) is 0 Å². The van der Waals surface area contributed by atoms with E-state index in [1.54, 1.807) is 0 Å². The van der Waals surface area contributed by atoms with Gasteiger partial charge in [0.1, 0.15) is 5.78 Å². The molecule has 0 amide bonds. The van der Waals surface area contributed by atoms with Crippen LogP contribution in [0.5, 0.6) is 0 Å². The monoisotopic (exact) mass is 316 g/mol. The minimum Gasteiger partial charge on any atom is -0.316 e. The molecule has 0 aromatic heterocycles. The normalized spacial score (nSPS) is 38.6. The Morgan fingerprint density at radius 3 is 2.56 bits per heavy atom. The van der Waals surface area contributed by atoms with Crippen LogP contribution in [-0.4, -0.2) is 34.8 Å². The van der Waals surface area contributed by atoms with Crippen LogP contribution in [0.4, 0.5) is 0 Å². The standard InChI is InChI=1S/C14H25BrN2O/c1-10-2-7-14(16)17(8-10)9-13(18)11-3-5-12(15)6-4-11/h10-12,14H,2-9,16H2,1H3. The second-order valence-electron chi connectivity index (χ2n) is 6.09. The van der Waals surface area contributed by atoms with E-state index in [4.69, 9.17) is 5.73 Å². The quantitative estimate of drug-likeness (QED) is 0.814. The summed E-state index contributed by atoms with van der Waals surface area (Å²) >= 11 is 3.64. The van der Waals surface area contributed by atoms with E-state index < -0.39 is 0 Å². The number of carbonyl (C=O) groups excluding carboxylic acids is 1. The van der Waals surface area contributed by atoms with Crippen LogP contribution in [0.2, 0.25) is 0 Å². The molecule has 0 spiro atoms. The Hall–Kier alpha value is 0.0700. The third-order valence-corrected chi connectivity index (χ3v) is 5.36. The van der Waals surface area contributed by atoms with E-state index in [1.807, 2.05) is 0 Å². The molecular weight excluding hydrogens is 292 g/mol. The van der Waals surface area contributed by atoms with E-state index >= 15 is 0 Å². The minimum absolute atomic E-state index is 0.0951. The SMILES string of the molecule is CC1CCC(N)N(CC(=O)C2CCC(Br)CC2)C1. The first-order valence-corrected chi connectivity index (χ1v) is 8.14. The number of hydrogen-bond acceptors (Lipinski definition) is 3. The van der Waals surface area contributed by atoms with Gasteiger partial charge in [-0.15, -0.1) is 0 Å². The van der Waals surface area contributed by atoms with Gasteiger partial charge in [-0.2, -0.15) is 0 Å². The number of piperidine rings is 1. The average molecular weight is 317 g/mol. The molecule has 3 nitrogen and oxygen atoms in total. The zero-order valence-corrected chi connectivity index (χ0v) is 12.9. The van der Waals surface area contributed by atoms with Gasteiger partial charge in [0.05, 0.1) is 12.7 Å². The van der Waals surface area contributed by atoms with E-state index in [-0.39, 0.29) is 12.1 Å². The van der Waals surface area contributed by atoms with Crippen molar-refractivity contribution in [1.82, 2.24) is 4.90 Å².